The average molecular weight is 345 g/mol. The molecule has 2 heterocycles. The summed E-state index contributed by atoms with van der Waals surface area (Å²) in [4.78, 5) is 9.13. The van der Waals surface area contributed by atoms with Gasteiger partial charge < -0.3 is 10.1 Å². The van der Waals surface area contributed by atoms with Crippen LogP contribution in [0.4, 0.5) is 11.6 Å². The average Bonchev–Trinajstić information content (AvgIpc) is 2.99. The lowest BCUT2D eigenvalue weighted by Gasteiger charge is -2.08. The van der Waals surface area contributed by atoms with Crippen LogP contribution in [0.15, 0.2) is 54.7 Å². The van der Waals surface area contributed by atoms with Crippen LogP contribution in [0.5, 0.6) is 5.75 Å². The van der Waals surface area contributed by atoms with E-state index in [0.717, 1.165) is 39.6 Å². The Labute approximate surface area is 151 Å². The quantitative estimate of drug-likeness (QED) is 0.602. The molecule has 0 aliphatic rings. The minimum absolute atomic E-state index is 0.509. The first-order chi connectivity index (χ1) is 12.7. The zero-order valence-corrected chi connectivity index (χ0v) is 14.9. The number of methoxy groups -OCH3 is 1. The summed E-state index contributed by atoms with van der Waals surface area (Å²) in [5.41, 5.74) is 4.90. The number of rotatable bonds is 4. The van der Waals surface area contributed by atoms with Crippen molar-refractivity contribution in [1.82, 2.24) is 19.6 Å². The monoisotopic (exact) mass is 345 g/mol. The van der Waals surface area contributed by atoms with Crippen LogP contribution in [0, 0.1) is 13.8 Å². The van der Waals surface area contributed by atoms with E-state index in [1.54, 1.807) is 13.3 Å². The number of anilines is 2. The van der Waals surface area contributed by atoms with Crippen molar-refractivity contribution >= 4 is 17.2 Å². The highest BCUT2D eigenvalue weighted by Crippen LogP contribution is 2.25. The molecule has 6 nitrogen and oxygen atoms in total. The molecule has 6 heteroatoms. The van der Waals surface area contributed by atoms with Gasteiger partial charge in [-0.2, -0.15) is 0 Å². The molecule has 2 aromatic carbocycles. The zero-order valence-electron chi connectivity index (χ0n) is 14.9. The molecule has 0 bridgehead atoms. The molecule has 0 spiro atoms. The summed E-state index contributed by atoms with van der Waals surface area (Å²) in [6, 6.07) is 15.8. The smallest absolute Gasteiger partial charge is 0.245 e. The van der Waals surface area contributed by atoms with Gasteiger partial charge in [0.05, 0.1) is 19.0 Å². The van der Waals surface area contributed by atoms with Crippen LogP contribution in [0.2, 0.25) is 0 Å². The van der Waals surface area contributed by atoms with E-state index in [1.807, 2.05) is 47.8 Å². The van der Waals surface area contributed by atoms with Crippen LogP contribution in [0.3, 0.4) is 0 Å². The standard InChI is InChI=1S/C20H19N5O/c1-13-6-4-5-7-17(13)19-22-14(2)18-12-21-20(24-25(18)19)23-15-8-10-16(26-3)11-9-15/h4-12H,1-3H3,(H,23,24). The number of benzene rings is 2. The first-order valence-corrected chi connectivity index (χ1v) is 8.35. The Hall–Kier alpha value is -3.41. The predicted octanol–water partition coefficient (Wildman–Crippen LogP) is 4.16. The maximum absolute atomic E-state index is 5.18. The van der Waals surface area contributed by atoms with Gasteiger partial charge in [0, 0.05) is 11.3 Å². The number of aromatic nitrogens is 4. The number of nitrogens with zero attached hydrogens (tertiary/aromatic N) is 4. The zero-order chi connectivity index (χ0) is 18.1. The van der Waals surface area contributed by atoms with Gasteiger partial charge in [-0.3, -0.25) is 0 Å². The first kappa shape index (κ1) is 16.1. The molecule has 0 saturated heterocycles. The molecule has 4 aromatic rings. The second-order valence-electron chi connectivity index (χ2n) is 6.07. The Bertz CT molecular complexity index is 1070. The molecule has 0 aliphatic heterocycles. The summed E-state index contributed by atoms with van der Waals surface area (Å²) in [7, 11) is 1.65. The maximum Gasteiger partial charge on any atom is 0.245 e. The van der Waals surface area contributed by atoms with Gasteiger partial charge >= 0.3 is 0 Å². The van der Waals surface area contributed by atoms with Gasteiger partial charge in [0.25, 0.3) is 0 Å². The van der Waals surface area contributed by atoms with Crippen LogP contribution in [-0.4, -0.2) is 26.7 Å². The van der Waals surface area contributed by atoms with Crippen LogP contribution in [0.1, 0.15) is 11.3 Å². The Kier molecular flexibility index (Phi) is 4.01. The van der Waals surface area contributed by atoms with Gasteiger partial charge in [-0.1, -0.05) is 24.3 Å². The molecule has 0 radical (unpaired) electrons. The Morgan fingerprint density at radius 3 is 2.50 bits per heavy atom. The lowest BCUT2D eigenvalue weighted by atomic mass is 10.1. The number of aryl methyl sites for hydroxylation is 2. The number of nitrogens with one attached hydrogen (secondary N) is 1. The third-order valence-corrected chi connectivity index (χ3v) is 4.31. The Balaban J connectivity index is 1.76. The highest BCUT2D eigenvalue weighted by atomic mass is 16.5. The van der Waals surface area contributed by atoms with Gasteiger partial charge in [0.15, 0.2) is 5.82 Å². The minimum atomic E-state index is 0.509. The number of imidazole rings is 1. The predicted molar refractivity (Wildman–Crippen MR) is 102 cm³/mol. The van der Waals surface area contributed by atoms with Crippen molar-refractivity contribution in [2.24, 2.45) is 0 Å². The number of ether oxygens (including phenoxy) is 1. The topological polar surface area (TPSA) is 64.3 Å². The fourth-order valence-electron chi connectivity index (χ4n) is 2.88. The normalized spacial score (nSPS) is 10.9. The number of fused-ring (bicyclic) bond motifs is 1. The fourth-order valence-corrected chi connectivity index (χ4v) is 2.88. The Morgan fingerprint density at radius 1 is 1.00 bits per heavy atom. The van der Waals surface area contributed by atoms with Gasteiger partial charge in [0.2, 0.25) is 5.95 Å². The van der Waals surface area contributed by atoms with E-state index >= 15 is 0 Å². The van der Waals surface area contributed by atoms with Crippen molar-refractivity contribution in [3.63, 3.8) is 0 Å². The maximum atomic E-state index is 5.18. The van der Waals surface area contributed by atoms with E-state index in [0.29, 0.717) is 5.95 Å². The van der Waals surface area contributed by atoms with Gasteiger partial charge in [-0.05, 0) is 43.7 Å². The minimum Gasteiger partial charge on any atom is -0.497 e. The molecule has 1 N–H and O–H groups in total. The van der Waals surface area contributed by atoms with Crippen LogP contribution in [-0.2, 0) is 0 Å². The highest BCUT2D eigenvalue weighted by Gasteiger charge is 2.14. The van der Waals surface area contributed by atoms with Crippen LogP contribution >= 0.6 is 0 Å². The van der Waals surface area contributed by atoms with E-state index in [4.69, 9.17) is 9.72 Å². The van der Waals surface area contributed by atoms with E-state index in [-0.39, 0.29) is 0 Å². The molecule has 2 aromatic heterocycles. The molecule has 0 saturated carbocycles. The molecule has 0 fully saturated rings. The number of hydrogen-bond acceptors (Lipinski definition) is 5. The molecule has 4 rings (SSSR count). The third-order valence-electron chi connectivity index (χ3n) is 4.31. The van der Waals surface area contributed by atoms with Crippen molar-refractivity contribution in [1.29, 1.82) is 0 Å². The van der Waals surface area contributed by atoms with Gasteiger partial charge in [0.1, 0.15) is 11.3 Å². The molecule has 26 heavy (non-hydrogen) atoms. The SMILES string of the molecule is COc1ccc(Nc2ncc3c(C)nc(-c4ccccc4C)n3n2)cc1. The van der Waals surface area contributed by atoms with E-state index < -0.39 is 0 Å². The van der Waals surface area contributed by atoms with Crippen molar-refractivity contribution in [3.05, 3.63) is 66.0 Å². The summed E-state index contributed by atoms with van der Waals surface area (Å²) < 4.78 is 7.03. The molecule has 0 aliphatic carbocycles. The van der Waals surface area contributed by atoms with E-state index in [1.165, 1.54) is 0 Å². The molecule has 0 atom stereocenters. The van der Waals surface area contributed by atoms with Crippen molar-refractivity contribution in [2.75, 3.05) is 12.4 Å². The Morgan fingerprint density at radius 2 is 1.77 bits per heavy atom. The van der Waals surface area contributed by atoms with Crippen LogP contribution in [0.25, 0.3) is 16.9 Å². The fraction of sp³-hybridized carbons (Fsp3) is 0.150. The van der Waals surface area contributed by atoms with Gasteiger partial charge in [-0.15, -0.1) is 5.10 Å². The molecule has 0 unspecified atom stereocenters. The second-order valence-corrected chi connectivity index (χ2v) is 6.07. The van der Waals surface area contributed by atoms with Gasteiger partial charge in [-0.25, -0.2) is 14.5 Å². The lowest BCUT2D eigenvalue weighted by molar-refractivity contribution is 0.415. The largest absolute Gasteiger partial charge is 0.497 e. The number of hydrogen-bond donors (Lipinski definition) is 1. The van der Waals surface area contributed by atoms with Crippen molar-refractivity contribution in [2.45, 2.75) is 13.8 Å². The summed E-state index contributed by atoms with van der Waals surface area (Å²) >= 11 is 0. The molecular formula is C20H19N5O. The van der Waals surface area contributed by atoms with Crippen molar-refractivity contribution < 1.29 is 4.74 Å². The second kappa shape index (κ2) is 6.48. The summed E-state index contributed by atoms with van der Waals surface area (Å²) in [5.74, 6) is 2.13. The van der Waals surface area contributed by atoms with Crippen LogP contribution < -0.4 is 10.1 Å². The molecule has 0 amide bonds. The lowest BCUT2D eigenvalue weighted by Crippen LogP contribution is -2.03. The van der Waals surface area contributed by atoms with Crippen molar-refractivity contribution in [3.8, 4) is 17.1 Å². The highest BCUT2D eigenvalue weighted by molar-refractivity contribution is 5.67. The third kappa shape index (κ3) is 2.86. The summed E-state index contributed by atoms with van der Waals surface area (Å²) in [6.45, 7) is 4.04. The first-order valence-electron chi connectivity index (χ1n) is 8.35. The molecule has 130 valence electrons. The molecular weight excluding hydrogens is 326 g/mol. The van der Waals surface area contributed by atoms with E-state index in [2.05, 4.69) is 34.5 Å². The summed E-state index contributed by atoms with van der Waals surface area (Å²) in [6.07, 6.45) is 1.79. The summed E-state index contributed by atoms with van der Waals surface area (Å²) in [5, 5.41) is 7.88. The van der Waals surface area contributed by atoms with E-state index in [9.17, 15) is 0 Å².